The first-order valence-electron chi connectivity index (χ1n) is 4.24. The van der Waals surface area contributed by atoms with Crippen LogP contribution in [0.2, 0.25) is 0 Å². The quantitative estimate of drug-likeness (QED) is 0.705. The molecule has 1 aromatic carbocycles. The van der Waals surface area contributed by atoms with Crippen molar-refractivity contribution in [3.05, 3.63) is 30.3 Å². The van der Waals surface area contributed by atoms with E-state index in [9.17, 15) is 0 Å². The lowest BCUT2D eigenvalue weighted by Gasteiger charge is -2.07. The van der Waals surface area contributed by atoms with E-state index in [-0.39, 0.29) is 0 Å². The minimum atomic E-state index is 0.656. The molecule has 70 valence electrons. The fraction of sp³-hybridized carbons (Fsp3) is 0.273. The largest absolute Gasteiger partial charge is 0.497 e. The highest BCUT2D eigenvalue weighted by Gasteiger charge is 1.98. The van der Waals surface area contributed by atoms with Gasteiger partial charge in [-0.15, -0.1) is 0 Å². The van der Waals surface area contributed by atoms with Crippen LogP contribution in [0.4, 0.5) is 0 Å². The van der Waals surface area contributed by atoms with E-state index in [2.05, 4.69) is 6.58 Å². The highest BCUT2D eigenvalue weighted by Crippen LogP contribution is 2.23. The van der Waals surface area contributed by atoms with Gasteiger partial charge >= 0.3 is 0 Å². The summed E-state index contributed by atoms with van der Waals surface area (Å²) in [4.78, 5) is 0. The summed E-state index contributed by atoms with van der Waals surface area (Å²) in [5, 5.41) is 0. The van der Waals surface area contributed by atoms with Crippen molar-refractivity contribution in [2.24, 2.45) is 0 Å². The van der Waals surface area contributed by atoms with Gasteiger partial charge in [0.1, 0.15) is 11.5 Å². The second-order valence-corrected chi connectivity index (χ2v) is 2.58. The van der Waals surface area contributed by atoms with E-state index in [4.69, 9.17) is 9.47 Å². The van der Waals surface area contributed by atoms with E-state index in [1.54, 1.807) is 13.2 Å². The maximum atomic E-state index is 5.36. The topological polar surface area (TPSA) is 18.5 Å². The van der Waals surface area contributed by atoms with Crippen LogP contribution in [0.15, 0.2) is 24.8 Å². The highest BCUT2D eigenvalue weighted by atomic mass is 16.5. The van der Waals surface area contributed by atoms with Crippen molar-refractivity contribution < 1.29 is 9.47 Å². The summed E-state index contributed by atoms with van der Waals surface area (Å²) >= 11 is 0. The smallest absolute Gasteiger partial charge is 0.123 e. The van der Waals surface area contributed by atoms with Gasteiger partial charge in [0, 0.05) is 6.07 Å². The van der Waals surface area contributed by atoms with Crippen LogP contribution < -0.4 is 9.47 Å². The molecule has 2 heteroatoms. The van der Waals surface area contributed by atoms with Gasteiger partial charge in [-0.25, -0.2) is 0 Å². The average Bonchev–Trinajstić information content (AvgIpc) is 2.17. The Morgan fingerprint density at radius 1 is 1.31 bits per heavy atom. The minimum Gasteiger partial charge on any atom is -0.497 e. The van der Waals surface area contributed by atoms with Gasteiger partial charge in [0.15, 0.2) is 0 Å². The summed E-state index contributed by atoms with van der Waals surface area (Å²) in [6.07, 6.45) is 1.77. The summed E-state index contributed by atoms with van der Waals surface area (Å²) in [7, 11) is 1.64. The van der Waals surface area contributed by atoms with Crippen LogP contribution in [0.25, 0.3) is 6.08 Å². The molecule has 0 spiro atoms. The van der Waals surface area contributed by atoms with Gasteiger partial charge in [0.2, 0.25) is 0 Å². The number of methoxy groups -OCH3 is 1. The molecule has 1 aromatic rings. The Morgan fingerprint density at radius 3 is 2.54 bits per heavy atom. The molecule has 0 saturated heterocycles. The van der Waals surface area contributed by atoms with Crippen LogP contribution >= 0.6 is 0 Å². The molecule has 0 bridgehead atoms. The number of hydrogen-bond acceptors (Lipinski definition) is 2. The zero-order chi connectivity index (χ0) is 9.68. The van der Waals surface area contributed by atoms with Gasteiger partial charge in [0.25, 0.3) is 0 Å². The minimum absolute atomic E-state index is 0.656. The van der Waals surface area contributed by atoms with Crippen molar-refractivity contribution in [1.82, 2.24) is 0 Å². The van der Waals surface area contributed by atoms with Gasteiger partial charge in [-0.2, -0.15) is 0 Å². The van der Waals surface area contributed by atoms with Crippen molar-refractivity contribution >= 4 is 6.08 Å². The number of rotatable bonds is 4. The Hall–Kier alpha value is -1.44. The Morgan fingerprint density at radius 2 is 2.00 bits per heavy atom. The molecule has 0 amide bonds. The molecule has 0 aliphatic rings. The van der Waals surface area contributed by atoms with Gasteiger partial charge in [-0.1, -0.05) is 12.7 Å². The zero-order valence-electron chi connectivity index (χ0n) is 8.04. The molecule has 0 radical (unpaired) electrons. The van der Waals surface area contributed by atoms with E-state index < -0.39 is 0 Å². The summed E-state index contributed by atoms with van der Waals surface area (Å²) in [6.45, 7) is 6.30. The molecule has 0 aromatic heterocycles. The van der Waals surface area contributed by atoms with E-state index in [0.717, 1.165) is 17.1 Å². The van der Waals surface area contributed by atoms with E-state index >= 15 is 0 Å². The average molecular weight is 178 g/mol. The second-order valence-electron chi connectivity index (χ2n) is 2.58. The molecule has 0 atom stereocenters. The molecule has 0 saturated carbocycles. The van der Waals surface area contributed by atoms with Crippen molar-refractivity contribution in [2.75, 3.05) is 13.7 Å². The SMILES string of the molecule is C=Cc1cc(OC)cc(OCC)c1. The Kier molecular flexibility index (Phi) is 3.38. The predicted octanol–water partition coefficient (Wildman–Crippen LogP) is 2.74. The summed E-state index contributed by atoms with van der Waals surface area (Å²) in [6, 6.07) is 5.70. The number of hydrogen-bond donors (Lipinski definition) is 0. The summed E-state index contributed by atoms with van der Waals surface area (Å²) in [5.41, 5.74) is 1.00. The molecule has 0 unspecified atom stereocenters. The first-order valence-corrected chi connectivity index (χ1v) is 4.24. The van der Waals surface area contributed by atoms with E-state index in [1.807, 2.05) is 25.1 Å². The van der Waals surface area contributed by atoms with Crippen molar-refractivity contribution in [2.45, 2.75) is 6.92 Å². The van der Waals surface area contributed by atoms with Crippen molar-refractivity contribution in [3.8, 4) is 11.5 Å². The fourth-order valence-corrected chi connectivity index (χ4v) is 1.08. The van der Waals surface area contributed by atoms with Gasteiger partial charge < -0.3 is 9.47 Å². The molecule has 0 aliphatic carbocycles. The lowest BCUT2D eigenvalue weighted by molar-refractivity contribution is 0.336. The fourth-order valence-electron chi connectivity index (χ4n) is 1.08. The van der Waals surface area contributed by atoms with Crippen LogP contribution in [0.3, 0.4) is 0 Å². The lowest BCUT2D eigenvalue weighted by atomic mass is 10.2. The third-order valence-electron chi connectivity index (χ3n) is 1.68. The molecule has 13 heavy (non-hydrogen) atoms. The Balaban J connectivity index is 2.99. The lowest BCUT2D eigenvalue weighted by Crippen LogP contribution is -1.93. The van der Waals surface area contributed by atoms with Crippen LogP contribution in [0.5, 0.6) is 11.5 Å². The van der Waals surface area contributed by atoms with Gasteiger partial charge in [0.05, 0.1) is 13.7 Å². The Labute approximate surface area is 78.8 Å². The molecular formula is C11H14O2. The summed E-state index contributed by atoms with van der Waals surface area (Å²) < 4.78 is 10.5. The van der Waals surface area contributed by atoms with Gasteiger partial charge in [-0.3, -0.25) is 0 Å². The maximum Gasteiger partial charge on any atom is 0.123 e. The van der Waals surface area contributed by atoms with Crippen molar-refractivity contribution in [1.29, 1.82) is 0 Å². The monoisotopic (exact) mass is 178 g/mol. The molecule has 0 N–H and O–H groups in total. The molecule has 2 nitrogen and oxygen atoms in total. The summed E-state index contributed by atoms with van der Waals surface area (Å²) in [5.74, 6) is 1.61. The Bertz CT molecular complexity index is 292. The molecule has 0 heterocycles. The van der Waals surface area contributed by atoms with E-state index in [1.165, 1.54) is 0 Å². The number of benzene rings is 1. The van der Waals surface area contributed by atoms with E-state index in [0.29, 0.717) is 6.61 Å². The first-order chi connectivity index (χ1) is 6.30. The molecular weight excluding hydrogens is 164 g/mol. The maximum absolute atomic E-state index is 5.36. The molecule has 0 fully saturated rings. The zero-order valence-corrected chi connectivity index (χ0v) is 8.04. The molecule has 1 rings (SSSR count). The second kappa shape index (κ2) is 4.55. The highest BCUT2D eigenvalue weighted by molar-refractivity contribution is 5.53. The van der Waals surface area contributed by atoms with Crippen LogP contribution in [0.1, 0.15) is 12.5 Å². The first kappa shape index (κ1) is 9.65. The normalized spacial score (nSPS) is 9.38. The van der Waals surface area contributed by atoms with Gasteiger partial charge in [-0.05, 0) is 24.6 Å². The predicted molar refractivity (Wildman–Crippen MR) is 54.3 cm³/mol. The number of ether oxygens (including phenoxy) is 2. The molecule has 0 aliphatic heterocycles. The third kappa shape index (κ3) is 2.51. The van der Waals surface area contributed by atoms with Crippen LogP contribution in [-0.2, 0) is 0 Å². The van der Waals surface area contributed by atoms with Crippen LogP contribution in [-0.4, -0.2) is 13.7 Å². The third-order valence-corrected chi connectivity index (χ3v) is 1.68. The standard InChI is InChI=1S/C11H14O2/c1-4-9-6-10(12-3)8-11(7-9)13-5-2/h4,6-8H,1,5H2,2-3H3. The van der Waals surface area contributed by atoms with Crippen molar-refractivity contribution in [3.63, 3.8) is 0 Å². The van der Waals surface area contributed by atoms with Crippen LogP contribution in [0, 0.1) is 0 Å².